The predicted molar refractivity (Wildman–Crippen MR) is 94.0 cm³/mol. The molecule has 4 rings (SSSR count). The Morgan fingerprint density at radius 3 is 2.96 bits per heavy atom. The number of H-pyrrole nitrogens is 1. The van der Waals surface area contributed by atoms with E-state index >= 15 is 0 Å². The molecular formula is C17H17N5O2S. The minimum Gasteiger partial charge on any atom is -0.331 e. The number of hydrogen-bond acceptors (Lipinski definition) is 5. The molecule has 8 heteroatoms. The van der Waals surface area contributed by atoms with E-state index in [1.807, 2.05) is 17.2 Å². The van der Waals surface area contributed by atoms with E-state index in [2.05, 4.69) is 26.7 Å². The number of nitrogens with one attached hydrogen (secondary N) is 1. The van der Waals surface area contributed by atoms with Gasteiger partial charge in [0.2, 0.25) is 0 Å². The second kappa shape index (κ2) is 6.29. The number of carbonyl (C=O) groups excluding carboxylic acids is 1. The highest BCUT2D eigenvalue weighted by molar-refractivity contribution is 7.08. The van der Waals surface area contributed by atoms with Crippen molar-refractivity contribution in [3.05, 3.63) is 62.3 Å². The topological polar surface area (TPSA) is 83.9 Å². The van der Waals surface area contributed by atoms with Crippen molar-refractivity contribution in [1.82, 2.24) is 24.9 Å². The Hall–Kier alpha value is -2.74. The number of hydrogen-bond donors (Lipinski definition) is 1. The van der Waals surface area contributed by atoms with Gasteiger partial charge in [0, 0.05) is 12.6 Å². The molecule has 7 nitrogen and oxygen atoms in total. The summed E-state index contributed by atoms with van der Waals surface area (Å²) in [6, 6.07) is 5.18. The number of aromatic amines is 1. The minimum atomic E-state index is -0.277. The van der Waals surface area contributed by atoms with Gasteiger partial charge in [0.25, 0.3) is 11.5 Å². The molecule has 4 heterocycles. The zero-order chi connectivity index (χ0) is 17.4. The van der Waals surface area contributed by atoms with Crippen molar-refractivity contribution >= 4 is 17.2 Å². The highest BCUT2D eigenvalue weighted by Gasteiger charge is 2.32. The molecule has 1 fully saturated rings. The van der Waals surface area contributed by atoms with Crippen LogP contribution in [0.15, 0.2) is 40.0 Å². The normalized spacial score (nSPS) is 17.2. The van der Waals surface area contributed by atoms with Crippen LogP contribution in [0.1, 0.15) is 40.5 Å². The summed E-state index contributed by atoms with van der Waals surface area (Å²) in [7, 11) is 0. The molecule has 128 valence electrons. The molecule has 1 aliphatic heterocycles. The van der Waals surface area contributed by atoms with Crippen LogP contribution in [0, 0.1) is 6.92 Å². The first-order valence-corrected chi connectivity index (χ1v) is 9.03. The second-order valence-electron chi connectivity index (χ2n) is 6.05. The maximum Gasteiger partial charge on any atom is 0.264 e. The van der Waals surface area contributed by atoms with E-state index in [4.69, 9.17) is 0 Å². The number of carbonyl (C=O) groups is 1. The number of nitrogens with zero attached hydrogens (tertiary/aromatic N) is 4. The smallest absolute Gasteiger partial charge is 0.264 e. The molecule has 1 atom stereocenters. The molecule has 0 unspecified atom stereocenters. The third-order valence-corrected chi connectivity index (χ3v) is 5.26. The summed E-state index contributed by atoms with van der Waals surface area (Å²) in [4.78, 5) is 26.2. The Labute approximate surface area is 147 Å². The number of thiophene rings is 1. The molecule has 1 amide bonds. The SMILES string of the molecule is Cc1c(C(=O)N2CCC[C@@H]2c2ccsc2)cnn1-c1ccc(=O)[nH]n1. The van der Waals surface area contributed by atoms with Gasteiger partial charge >= 0.3 is 0 Å². The third-order valence-electron chi connectivity index (χ3n) is 4.56. The van der Waals surface area contributed by atoms with Crippen molar-refractivity contribution in [1.29, 1.82) is 0 Å². The van der Waals surface area contributed by atoms with Crippen LogP contribution in [0.4, 0.5) is 0 Å². The lowest BCUT2D eigenvalue weighted by Gasteiger charge is -2.24. The van der Waals surface area contributed by atoms with Crippen LogP contribution < -0.4 is 5.56 Å². The largest absolute Gasteiger partial charge is 0.331 e. The lowest BCUT2D eigenvalue weighted by atomic mass is 10.1. The second-order valence-corrected chi connectivity index (χ2v) is 6.83. The summed E-state index contributed by atoms with van der Waals surface area (Å²) in [6.45, 7) is 2.59. The fraction of sp³-hybridized carbons (Fsp3) is 0.294. The van der Waals surface area contributed by atoms with Crippen molar-refractivity contribution in [2.24, 2.45) is 0 Å². The van der Waals surface area contributed by atoms with Crippen LogP contribution in [-0.4, -0.2) is 37.3 Å². The summed E-state index contributed by atoms with van der Waals surface area (Å²) in [6.07, 6.45) is 3.56. The van der Waals surface area contributed by atoms with Gasteiger partial charge < -0.3 is 4.90 Å². The molecule has 0 bridgehead atoms. The molecule has 25 heavy (non-hydrogen) atoms. The fourth-order valence-corrected chi connectivity index (χ4v) is 3.99. The third kappa shape index (κ3) is 2.78. The summed E-state index contributed by atoms with van der Waals surface area (Å²) < 4.78 is 1.57. The van der Waals surface area contributed by atoms with Gasteiger partial charge in [0.1, 0.15) is 0 Å². The van der Waals surface area contributed by atoms with Crippen LogP contribution in [0.3, 0.4) is 0 Å². The molecule has 3 aromatic rings. The van der Waals surface area contributed by atoms with Crippen LogP contribution in [0.2, 0.25) is 0 Å². The van der Waals surface area contributed by atoms with Gasteiger partial charge in [-0.1, -0.05) is 0 Å². The van der Waals surface area contributed by atoms with Crippen molar-refractivity contribution in [2.45, 2.75) is 25.8 Å². The highest BCUT2D eigenvalue weighted by Crippen LogP contribution is 2.34. The molecule has 0 aliphatic carbocycles. The number of amides is 1. The number of likely N-dealkylation sites (tertiary alicyclic amines) is 1. The predicted octanol–water partition coefficient (Wildman–Crippen LogP) is 2.30. The first kappa shape index (κ1) is 15.8. The van der Waals surface area contributed by atoms with Crippen molar-refractivity contribution in [3.8, 4) is 5.82 Å². The lowest BCUT2D eigenvalue weighted by Crippen LogP contribution is -2.30. The number of aromatic nitrogens is 4. The first-order valence-electron chi connectivity index (χ1n) is 8.09. The molecule has 0 aromatic carbocycles. The van der Waals surface area contributed by atoms with E-state index in [9.17, 15) is 9.59 Å². The zero-order valence-corrected chi connectivity index (χ0v) is 14.5. The van der Waals surface area contributed by atoms with E-state index < -0.39 is 0 Å². The molecule has 1 aliphatic rings. The van der Waals surface area contributed by atoms with Gasteiger partial charge in [-0.2, -0.15) is 21.5 Å². The van der Waals surface area contributed by atoms with Gasteiger partial charge in [-0.25, -0.2) is 9.78 Å². The Morgan fingerprint density at radius 1 is 1.36 bits per heavy atom. The summed E-state index contributed by atoms with van der Waals surface area (Å²) >= 11 is 1.65. The average Bonchev–Trinajstić information content (AvgIpc) is 3.35. The summed E-state index contributed by atoms with van der Waals surface area (Å²) in [5.41, 5.74) is 2.19. The molecular weight excluding hydrogens is 338 g/mol. The van der Waals surface area contributed by atoms with Gasteiger partial charge in [-0.15, -0.1) is 0 Å². The van der Waals surface area contributed by atoms with E-state index in [1.165, 1.54) is 11.6 Å². The van der Waals surface area contributed by atoms with Crippen LogP contribution >= 0.6 is 11.3 Å². The van der Waals surface area contributed by atoms with Crippen LogP contribution in [-0.2, 0) is 0 Å². The van der Waals surface area contributed by atoms with Crippen molar-refractivity contribution in [3.63, 3.8) is 0 Å². The van der Waals surface area contributed by atoms with Gasteiger partial charge in [-0.05, 0) is 48.2 Å². The molecule has 3 aromatic heterocycles. The maximum atomic E-state index is 13.1. The Morgan fingerprint density at radius 2 is 2.24 bits per heavy atom. The van der Waals surface area contributed by atoms with E-state index in [0.717, 1.165) is 19.4 Å². The van der Waals surface area contributed by atoms with E-state index in [-0.39, 0.29) is 17.5 Å². The highest BCUT2D eigenvalue weighted by atomic mass is 32.1. The monoisotopic (exact) mass is 355 g/mol. The molecule has 0 radical (unpaired) electrons. The standard InChI is InChI=1S/C17H17N5O2S/c1-11-13(9-18-22(11)15-4-5-16(23)20-19-15)17(24)21-7-2-3-14(21)12-6-8-25-10-12/h4-6,8-10,14H,2-3,7H2,1H3,(H,20,23)/t14-/m1/s1. The van der Waals surface area contributed by atoms with Crippen molar-refractivity contribution in [2.75, 3.05) is 6.54 Å². The van der Waals surface area contributed by atoms with Crippen LogP contribution in [0.5, 0.6) is 0 Å². The number of rotatable bonds is 3. The lowest BCUT2D eigenvalue weighted by molar-refractivity contribution is 0.0735. The molecule has 0 saturated carbocycles. The van der Waals surface area contributed by atoms with Gasteiger partial charge in [0.15, 0.2) is 5.82 Å². The van der Waals surface area contributed by atoms with Crippen LogP contribution in [0.25, 0.3) is 5.82 Å². The fourth-order valence-electron chi connectivity index (χ4n) is 3.28. The first-order chi connectivity index (χ1) is 12.1. The zero-order valence-electron chi connectivity index (χ0n) is 13.7. The quantitative estimate of drug-likeness (QED) is 0.781. The minimum absolute atomic E-state index is 0.0122. The summed E-state index contributed by atoms with van der Waals surface area (Å²) in [5.74, 6) is 0.467. The Balaban J connectivity index is 1.65. The van der Waals surface area contributed by atoms with E-state index in [1.54, 1.807) is 28.3 Å². The van der Waals surface area contributed by atoms with E-state index in [0.29, 0.717) is 17.1 Å². The molecule has 1 N–H and O–H groups in total. The molecule has 0 spiro atoms. The Bertz CT molecular complexity index is 939. The maximum absolute atomic E-state index is 13.1. The summed E-state index contributed by atoms with van der Waals surface area (Å²) in [5, 5.41) is 14.8. The Kier molecular flexibility index (Phi) is 3.96. The van der Waals surface area contributed by atoms with Gasteiger partial charge in [-0.3, -0.25) is 9.59 Å². The van der Waals surface area contributed by atoms with Gasteiger partial charge in [0.05, 0.1) is 23.5 Å². The average molecular weight is 355 g/mol. The molecule has 1 saturated heterocycles. The van der Waals surface area contributed by atoms with Crippen molar-refractivity contribution < 1.29 is 4.79 Å².